The molecular weight excluding hydrogens is 257 g/mol. The van der Waals surface area contributed by atoms with Crippen molar-refractivity contribution in [3.8, 4) is 0 Å². The van der Waals surface area contributed by atoms with Crippen LogP contribution in [0.1, 0.15) is 16.1 Å². The molecule has 0 atom stereocenters. The van der Waals surface area contributed by atoms with Gasteiger partial charge in [0.1, 0.15) is 23.1 Å². The fraction of sp³-hybridized carbons (Fsp3) is 0.0769. The first-order valence-corrected chi connectivity index (χ1v) is 5.40. The van der Waals surface area contributed by atoms with Gasteiger partial charge in [-0.3, -0.25) is 9.78 Å². The number of nitrogens with one attached hydrogen (secondary N) is 1. The van der Waals surface area contributed by atoms with Crippen LogP contribution in [-0.2, 0) is 6.54 Å². The lowest BCUT2D eigenvalue weighted by atomic mass is 10.2. The van der Waals surface area contributed by atoms with Crippen molar-refractivity contribution in [1.29, 1.82) is 0 Å². The molecule has 6 heteroatoms. The predicted octanol–water partition coefficient (Wildman–Crippen LogP) is 2.43. The molecule has 1 heterocycles. The number of hydrogen-bond acceptors (Lipinski definition) is 2. The molecule has 0 spiro atoms. The van der Waals surface area contributed by atoms with Crippen LogP contribution in [0.3, 0.4) is 0 Å². The van der Waals surface area contributed by atoms with E-state index < -0.39 is 28.9 Å². The molecule has 1 aromatic heterocycles. The van der Waals surface area contributed by atoms with Gasteiger partial charge in [-0.25, -0.2) is 13.2 Å². The summed E-state index contributed by atoms with van der Waals surface area (Å²) < 4.78 is 39.3. The SMILES string of the molecule is O=C(NCc1c(F)cc(F)cc1F)c1ccccn1. The molecule has 0 radical (unpaired) electrons. The smallest absolute Gasteiger partial charge is 0.270 e. The van der Waals surface area contributed by atoms with Crippen LogP contribution in [0, 0.1) is 17.5 Å². The highest BCUT2D eigenvalue weighted by Gasteiger charge is 2.13. The van der Waals surface area contributed by atoms with Crippen molar-refractivity contribution in [3.63, 3.8) is 0 Å². The zero-order valence-corrected chi connectivity index (χ0v) is 9.66. The predicted molar refractivity (Wildman–Crippen MR) is 61.7 cm³/mol. The molecule has 0 aliphatic rings. The number of carbonyl (C=O) groups excluding carboxylic acids is 1. The average molecular weight is 266 g/mol. The van der Waals surface area contributed by atoms with E-state index in [2.05, 4.69) is 10.3 Å². The largest absolute Gasteiger partial charge is 0.346 e. The van der Waals surface area contributed by atoms with Gasteiger partial charge in [0.2, 0.25) is 0 Å². The summed E-state index contributed by atoms with van der Waals surface area (Å²) in [5.74, 6) is -3.66. The van der Waals surface area contributed by atoms with Gasteiger partial charge in [-0.05, 0) is 12.1 Å². The molecule has 3 nitrogen and oxygen atoms in total. The lowest BCUT2D eigenvalue weighted by molar-refractivity contribution is 0.0945. The molecule has 0 saturated heterocycles. The Morgan fingerprint density at radius 1 is 1.16 bits per heavy atom. The van der Waals surface area contributed by atoms with E-state index in [0.717, 1.165) is 0 Å². The molecule has 0 aliphatic carbocycles. The maximum Gasteiger partial charge on any atom is 0.270 e. The number of rotatable bonds is 3. The Hall–Kier alpha value is -2.37. The zero-order valence-electron chi connectivity index (χ0n) is 9.66. The quantitative estimate of drug-likeness (QED) is 0.927. The number of nitrogens with zero attached hydrogens (tertiary/aromatic N) is 1. The second-order valence-corrected chi connectivity index (χ2v) is 3.75. The normalized spacial score (nSPS) is 10.3. The van der Waals surface area contributed by atoms with Crippen molar-refractivity contribution in [1.82, 2.24) is 10.3 Å². The van der Waals surface area contributed by atoms with Crippen molar-refractivity contribution in [2.75, 3.05) is 0 Å². The summed E-state index contributed by atoms with van der Waals surface area (Å²) >= 11 is 0. The van der Waals surface area contributed by atoms with Gasteiger partial charge < -0.3 is 5.32 Å². The van der Waals surface area contributed by atoms with Crippen molar-refractivity contribution in [3.05, 3.63) is 65.2 Å². The number of pyridine rings is 1. The van der Waals surface area contributed by atoms with Crippen LogP contribution in [0.25, 0.3) is 0 Å². The van der Waals surface area contributed by atoms with Crippen LogP contribution in [0.2, 0.25) is 0 Å². The van der Waals surface area contributed by atoms with Gasteiger partial charge in [-0.1, -0.05) is 6.07 Å². The topological polar surface area (TPSA) is 42.0 Å². The van der Waals surface area contributed by atoms with E-state index in [1.54, 1.807) is 12.1 Å². The Balaban J connectivity index is 2.10. The van der Waals surface area contributed by atoms with Gasteiger partial charge >= 0.3 is 0 Å². The molecule has 0 bridgehead atoms. The summed E-state index contributed by atoms with van der Waals surface area (Å²) in [7, 11) is 0. The summed E-state index contributed by atoms with van der Waals surface area (Å²) in [6.45, 7) is -0.382. The van der Waals surface area contributed by atoms with Gasteiger partial charge in [-0.15, -0.1) is 0 Å². The molecular formula is C13H9F3N2O. The standard InChI is InChI=1S/C13H9F3N2O/c14-8-5-10(15)9(11(16)6-8)7-18-13(19)12-3-1-2-4-17-12/h1-6H,7H2,(H,18,19). The number of halogens is 3. The summed E-state index contributed by atoms with van der Waals surface area (Å²) in [4.78, 5) is 15.4. The zero-order chi connectivity index (χ0) is 13.8. The Kier molecular flexibility index (Phi) is 3.79. The third-order valence-corrected chi connectivity index (χ3v) is 2.43. The number of carbonyl (C=O) groups is 1. The van der Waals surface area contributed by atoms with Gasteiger partial charge in [0, 0.05) is 30.4 Å². The molecule has 1 amide bonds. The number of benzene rings is 1. The lowest BCUT2D eigenvalue weighted by Crippen LogP contribution is -2.24. The molecule has 0 aliphatic heterocycles. The third-order valence-electron chi connectivity index (χ3n) is 2.43. The van der Waals surface area contributed by atoms with Crippen molar-refractivity contribution in [2.24, 2.45) is 0 Å². The van der Waals surface area contributed by atoms with E-state index in [4.69, 9.17) is 0 Å². The van der Waals surface area contributed by atoms with Crippen molar-refractivity contribution in [2.45, 2.75) is 6.54 Å². The first-order valence-electron chi connectivity index (χ1n) is 5.40. The lowest BCUT2D eigenvalue weighted by Gasteiger charge is -2.07. The van der Waals surface area contributed by atoms with Gasteiger partial charge in [0.05, 0.1) is 0 Å². The van der Waals surface area contributed by atoms with E-state index in [1.807, 2.05) is 0 Å². The van der Waals surface area contributed by atoms with E-state index in [1.165, 1.54) is 12.3 Å². The number of amides is 1. The van der Waals surface area contributed by atoms with Gasteiger partial charge in [0.25, 0.3) is 5.91 Å². The maximum atomic E-state index is 13.3. The van der Waals surface area contributed by atoms with Crippen LogP contribution < -0.4 is 5.32 Å². The second kappa shape index (κ2) is 5.51. The minimum Gasteiger partial charge on any atom is -0.346 e. The fourth-order valence-corrected chi connectivity index (χ4v) is 1.50. The summed E-state index contributed by atoms with van der Waals surface area (Å²) in [6, 6.07) is 5.83. The highest BCUT2D eigenvalue weighted by atomic mass is 19.1. The van der Waals surface area contributed by atoms with E-state index in [9.17, 15) is 18.0 Å². The van der Waals surface area contributed by atoms with Gasteiger partial charge in [-0.2, -0.15) is 0 Å². The summed E-state index contributed by atoms with van der Waals surface area (Å²) in [6.07, 6.45) is 1.42. The minimum atomic E-state index is -1.04. The maximum absolute atomic E-state index is 13.3. The number of hydrogen-bond donors (Lipinski definition) is 1. The van der Waals surface area contributed by atoms with Crippen LogP contribution in [0.5, 0.6) is 0 Å². The van der Waals surface area contributed by atoms with E-state index >= 15 is 0 Å². The Bertz CT molecular complexity index is 579. The second-order valence-electron chi connectivity index (χ2n) is 3.75. The first kappa shape index (κ1) is 13.1. The van der Waals surface area contributed by atoms with E-state index in [-0.39, 0.29) is 12.2 Å². The molecule has 0 saturated carbocycles. The molecule has 19 heavy (non-hydrogen) atoms. The molecule has 0 fully saturated rings. The molecule has 0 unspecified atom stereocenters. The molecule has 1 N–H and O–H groups in total. The minimum absolute atomic E-state index is 0.130. The Morgan fingerprint density at radius 3 is 2.42 bits per heavy atom. The molecule has 1 aromatic carbocycles. The fourth-order valence-electron chi connectivity index (χ4n) is 1.50. The van der Waals surface area contributed by atoms with Crippen molar-refractivity contribution < 1.29 is 18.0 Å². The molecule has 2 rings (SSSR count). The Labute approximate surface area is 107 Å². The third kappa shape index (κ3) is 3.09. The highest BCUT2D eigenvalue weighted by molar-refractivity contribution is 5.92. The average Bonchev–Trinajstić information content (AvgIpc) is 2.38. The highest BCUT2D eigenvalue weighted by Crippen LogP contribution is 2.14. The van der Waals surface area contributed by atoms with Crippen molar-refractivity contribution >= 4 is 5.91 Å². The van der Waals surface area contributed by atoms with E-state index in [0.29, 0.717) is 12.1 Å². The molecule has 98 valence electrons. The monoisotopic (exact) mass is 266 g/mol. The van der Waals surface area contributed by atoms with Crippen LogP contribution in [0.15, 0.2) is 36.5 Å². The Morgan fingerprint density at radius 2 is 1.84 bits per heavy atom. The number of aromatic nitrogens is 1. The first-order chi connectivity index (χ1) is 9.08. The summed E-state index contributed by atoms with van der Waals surface area (Å²) in [5.41, 5.74) is -0.267. The van der Waals surface area contributed by atoms with Crippen LogP contribution >= 0.6 is 0 Å². The van der Waals surface area contributed by atoms with Crippen LogP contribution in [0.4, 0.5) is 13.2 Å². The molecule has 2 aromatic rings. The summed E-state index contributed by atoms with van der Waals surface area (Å²) in [5, 5.41) is 2.31. The van der Waals surface area contributed by atoms with Gasteiger partial charge in [0.15, 0.2) is 0 Å². The van der Waals surface area contributed by atoms with Crippen LogP contribution in [-0.4, -0.2) is 10.9 Å².